The molecule has 1 aromatic carbocycles. The summed E-state index contributed by atoms with van der Waals surface area (Å²) in [7, 11) is 1.69. The Morgan fingerprint density at radius 3 is 2.53 bits per heavy atom. The minimum absolute atomic E-state index is 0.146. The summed E-state index contributed by atoms with van der Waals surface area (Å²) >= 11 is 0. The standard InChI is InChI=1S/C13H23N3O/c1-13(2,3)11-5-6-12(17-4)10(7-11)8-15-9-16-14/h5-7,15-16H,8-9,14H2,1-4H3. The zero-order valence-electron chi connectivity index (χ0n) is 11.1. The van der Waals surface area contributed by atoms with Gasteiger partial charge < -0.3 is 4.74 Å². The lowest BCUT2D eigenvalue weighted by molar-refractivity contribution is 0.406. The number of hydrazine groups is 1. The number of rotatable bonds is 5. The van der Waals surface area contributed by atoms with Crippen molar-refractivity contribution in [3.63, 3.8) is 0 Å². The third kappa shape index (κ3) is 4.00. The van der Waals surface area contributed by atoms with E-state index >= 15 is 0 Å². The highest BCUT2D eigenvalue weighted by molar-refractivity contribution is 5.39. The van der Waals surface area contributed by atoms with E-state index in [4.69, 9.17) is 10.6 Å². The fourth-order valence-electron chi connectivity index (χ4n) is 1.65. The smallest absolute Gasteiger partial charge is 0.123 e. The number of nitrogens with two attached hydrogens (primary N) is 1. The first kappa shape index (κ1) is 14.0. The molecule has 1 aromatic rings. The van der Waals surface area contributed by atoms with E-state index in [0.29, 0.717) is 6.67 Å². The maximum atomic E-state index is 5.35. The molecule has 0 aliphatic heterocycles. The molecule has 17 heavy (non-hydrogen) atoms. The Morgan fingerprint density at radius 2 is 2.00 bits per heavy atom. The third-order valence-corrected chi connectivity index (χ3v) is 2.69. The van der Waals surface area contributed by atoms with E-state index in [2.05, 4.69) is 43.6 Å². The number of ether oxygens (including phenoxy) is 1. The van der Waals surface area contributed by atoms with Crippen LogP contribution in [-0.2, 0) is 12.0 Å². The average Bonchev–Trinajstić information content (AvgIpc) is 2.28. The molecule has 0 bridgehead atoms. The molecule has 4 heteroatoms. The first-order valence-electron chi connectivity index (χ1n) is 5.80. The van der Waals surface area contributed by atoms with Crippen LogP contribution in [0.15, 0.2) is 18.2 Å². The molecule has 0 unspecified atom stereocenters. The van der Waals surface area contributed by atoms with Crippen LogP contribution in [0.5, 0.6) is 5.75 Å². The van der Waals surface area contributed by atoms with Gasteiger partial charge in [-0.15, -0.1) is 0 Å². The summed E-state index contributed by atoms with van der Waals surface area (Å²) in [5, 5.41) is 3.19. The number of hydrogen-bond acceptors (Lipinski definition) is 4. The molecule has 0 atom stereocenters. The SMILES string of the molecule is COc1ccc(C(C)(C)C)cc1CNCNN. The van der Waals surface area contributed by atoms with Crippen molar-refractivity contribution < 1.29 is 4.74 Å². The van der Waals surface area contributed by atoms with E-state index < -0.39 is 0 Å². The molecule has 4 nitrogen and oxygen atoms in total. The summed E-state index contributed by atoms with van der Waals surface area (Å²) in [5.74, 6) is 6.12. The van der Waals surface area contributed by atoms with Crippen molar-refractivity contribution in [2.45, 2.75) is 32.7 Å². The van der Waals surface area contributed by atoms with Crippen LogP contribution in [0.2, 0.25) is 0 Å². The van der Waals surface area contributed by atoms with Crippen LogP contribution in [0, 0.1) is 0 Å². The highest BCUT2D eigenvalue weighted by atomic mass is 16.5. The van der Waals surface area contributed by atoms with Gasteiger partial charge in [-0.2, -0.15) is 0 Å². The van der Waals surface area contributed by atoms with Crippen molar-refractivity contribution >= 4 is 0 Å². The Kier molecular flexibility index (Phi) is 4.93. The van der Waals surface area contributed by atoms with Crippen molar-refractivity contribution in [2.75, 3.05) is 13.8 Å². The van der Waals surface area contributed by atoms with Crippen molar-refractivity contribution in [3.8, 4) is 5.75 Å². The normalized spacial score (nSPS) is 11.6. The van der Waals surface area contributed by atoms with Gasteiger partial charge in [-0.25, -0.2) is 5.43 Å². The van der Waals surface area contributed by atoms with Crippen LogP contribution in [0.25, 0.3) is 0 Å². The van der Waals surface area contributed by atoms with E-state index in [-0.39, 0.29) is 5.41 Å². The minimum Gasteiger partial charge on any atom is -0.496 e. The summed E-state index contributed by atoms with van der Waals surface area (Å²) in [5.41, 5.74) is 5.16. The fourth-order valence-corrected chi connectivity index (χ4v) is 1.65. The molecule has 0 radical (unpaired) electrons. The second-order valence-corrected chi connectivity index (χ2v) is 5.08. The van der Waals surface area contributed by atoms with Gasteiger partial charge in [-0.05, 0) is 17.0 Å². The lowest BCUT2D eigenvalue weighted by atomic mass is 9.86. The second kappa shape index (κ2) is 6.00. The van der Waals surface area contributed by atoms with Crippen molar-refractivity contribution in [1.29, 1.82) is 0 Å². The van der Waals surface area contributed by atoms with Crippen LogP contribution in [0.4, 0.5) is 0 Å². The summed E-state index contributed by atoms with van der Waals surface area (Å²) < 4.78 is 5.35. The fraction of sp³-hybridized carbons (Fsp3) is 0.538. The molecule has 4 N–H and O–H groups in total. The Morgan fingerprint density at radius 1 is 1.29 bits per heavy atom. The van der Waals surface area contributed by atoms with Gasteiger partial charge in [0.05, 0.1) is 13.8 Å². The van der Waals surface area contributed by atoms with Gasteiger partial charge in [0.15, 0.2) is 0 Å². The van der Waals surface area contributed by atoms with Crippen LogP contribution < -0.4 is 21.3 Å². The van der Waals surface area contributed by atoms with Gasteiger partial charge in [0, 0.05) is 12.1 Å². The molecule has 0 amide bonds. The van der Waals surface area contributed by atoms with Gasteiger partial charge in [-0.1, -0.05) is 32.9 Å². The molecule has 0 saturated carbocycles. The quantitative estimate of drug-likeness (QED) is 0.314. The zero-order chi connectivity index (χ0) is 12.9. The highest BCUT2D eigenvalue weighted by Gasteiger charge is 2.15. The minimum atomic E-state index is 0.146. The van der Waals surface area contributed by atoms with Gasteiger partial charge in [0.2, 0.25) is 0 Å². The van der Waals surface area contributed by atoms with E-state index in [1.165, 1.54) is 5.56 Å². The monoisotopic (exact) mass is 237 g/mol. The zero-order valence-corrected chi connectivity index (χ0v) is 11.1. The average molecular weight is 237 g/mol. The van der Waals surface area contributed by atoms with Crippen LogP contribution in [0.3, 0.4) is 0 Å². The van der Waals surface area contributed by atoms with Crippen molar-refractivity contribution in [1.82, 2.24) is 10.7 Å². The van der Waals surface area contributed by atoms with E-state index in [9.17, 15) is 0 Å². The third-order valence-electron chi connectivity index (χ3n) is 2.69. The highest BCUT2D eigenvalue weighted by Crippen LogP contribution is 2.27. The van der Waals surface area contributed by atoms with Crippen LogP contribution in [0.1, 0.15) is 31.9 Å². The molecule has 0 heterocycles. The van der Waals surface area contributed by atoms with Gasteiger partial charge >= 0.3 is 0 Å². The van der Waals surface area contributed by atoms with E-state index in [1.54, 1.807) is 7.11 Å². The maximum Gasteiger partial charge on any atom is 0.123 e. The molecule has 0 aromatic heterocycles. The number of hydrogen-bond donors (Lipinski definition) is 3. The molecule has 0 spiro atoms. The Bertz CT molecular complexity index is 358. The molecule has 0 fully saturated rings. The summed E-state index contributed by atoms with van der Waals surface area (Å²) in [6, 6.07) is 6.32. The second-order valence-electron chi connectivity index (χ2n) is 5.08. The molecule has 96 valence electrons. The maximum absolute atomic E-state index is 5.35. The Labute approximate surface area is 104 Å². The first-order valence-corrected chi connectivity index (χ1v) is 5.80. The molecule has 0 saturated heterocycles. The lowest BCUT2D eigenvalue weighted by Gasteiger charge is -2.21. The summed E-state index contributed by atoms with van der Waals surface area (Å²) in [6.07, 6.45) is 0. The first-order chi connectivity index (χ1) is 7.99. The predicted octanol–water partition coefficient (Wildman–Crippen LogP) is 1.50. The molecule has 1 rings (SSSR count). The van der Waals surface area contributed by atoms with Crippen LogP contribution >= 0.6 is 0 Å². The Balaban J connectivity index is 2.90. The van der Waals surface area contributed by atoms with E-state index in [0.717, 1.165) is 17.9 Å². The lowest BCUT2D eigenvalue weighted by Crippen LogP contribution is -2.33. The molecular formula is C13H23N3O. The van der Waals surface area contributed by atoms with Gasteiger partial charge in [-0.3, -0.25) is 11.2 Å². The van der Waals surface area contributed by atoms with Crippen molar-refractivity contribution in [3.05, 3.63) is 29.3 Å². The van der Waals surface area contributed by atoms with Gasteiger partial charge in [0.25, 0.3) is 0 Å². The number of methoxy groups -OCH3 is 1. The number of benzene rings is 1. The number of nitrogens with one attached hydrogen (secondary N) is 2. The van der Waals surface area contributed by atoms with Gasteiger partial charge in [0.1, 0.15) is 5.75 Å². The Hall–Kier alpha value is -1.10. The van der Waals surface area contributed by atoms with Crippen molar-refractivity contribution in [2.24, 2.45) is 5.84 Å². The molecule has 0 aliphatic carbocycles. The largest absolute Gasteiger partial charge is 0.496 e. The molecular weight excluding hydrogens is 214 g/mol. The topological polar surface area (TPSA) is 59.3 Å². The molecule has 0 aliphatic rings. The van der Waals surface area contributed by atoms with Crippen LogP contribution in [-0.4, -0.2) is 13.8 Å². The van der Waals surface area contributed by atoms with E-state index in [1.807, 2.05) is 6.07 Å². The summed E-state index contributed by atoms with van der Waals surface area (Å²) in [6.45, 7) is 7.91. The predicted molar refractivity (Wildman–Crippen MR) is 70.7 cm³/mol. The summed E-state index contributed by atoms with van der Waals surface area (Å²) in [4.78, 5) is 0.